The maximum absolute atomic E-state index is 12.8. The maximum Gasteiger partial charge on any atom is 0.196 e. The summed E-state index contributed by atoms with van der Waals surface area (Å²) in [7, 11) is 0. The van der Waals surface area contributed by atoms with Gasteiger partial charge in [-0.2, -0.15) is 0 Å². The molecule has 0 fully saturated rings. The lowest BCUT2D eigenvalue weighted by Gasteiger charge is -2.10. The Morgan fingerprint density at radius 1 is 0.935 bits per heavy atom. The van der Waals surface area contributed by atoms with Gasteiger partial charge in [0.15, 0.2) is 5.43 Å². The van der Waals surface area contributed by atoms with E-state index in [1.807, 2.05) is 42.5 Å². The summed E-state index contributed by atoms with van der Waals surface area (Å²) in [5, 5.41) is 10.8. The Morgan fingerprint density at radius 3 is 2.26 bits per heavy atom. The number of phenols is 1. The van der Waals surface area contributed by atoms with Crippen LogP contribution in [0.1, 0.15) is 30.9 Å². The minimum absolute atomic E-state index is 0.0402. The molecule has 0 saturated carbocycles. The number of aromatic hydroxyl groups is 1. The third kappa shape index (κ3) is 5.90. The van der Waals surface area contributed by atoms with Gasteiger partial charge in [-0.1, -0.05) is 49.2 Å². The summed E-state index contributed by atoms with van der Waals surface area (Å²) >= 11 is 11.2. The van der Waals surface area contributed by atoms with Gasteiger partial charge in [0.05, 0.1) is 5.39 Å². The van der Waals surface area contributed by atoms with Crippen LogP contribution >= 0.6 is 23.2 Å². The third-order valence-electron chi connectivity index (χ3n) is 4.87. The van der Waals surface area contributed by atoms with E-state index in [1.54, 1.807) is 30.3 Å². The number of alkyl halides is 1. The molecule has 3 nitrogen and oxygen atoms in total. The molecule has 3 aromatic carbocycles. The SMILES string of the molecule is CCCCc1c(-c2ccc(O)cc2)oc2ccccc2c1=O.ClCc1ccc(Cl)cc1. The van der Waals surface area contributed by atoms with Gasteiger partial charge in [0, 0.05) is 22.0 Å². The van der Waals surface area contributed by atoms with Gasteiger partial charge in [-0.3, -0.25) is 4.79 Å². The lowest BCUT2D eigenvalue weighted by atomic mass is 10.0. The normalized spacial score (nSPS) is 10.5. The van der Waals surface area contributed by atoms with Gasteiger partial charge in [-0.05, 0) is 66.9 Å². The first kappa shape index (κ1) is 22.9. The lowest BCUT2D eigenvalue weighted by Crippen LogP contribution is -2.11. The highest BCUT2D eigenvalue weighted by Crippen LogP contribution is 2.28. The predicted molar refractivity (Wildman–Crippen MR) is 129 cm³/mol. The molecule has 4 rings (SSSR count). The Labute approximate surface area is 191 Å². The Hall–Kier alpha value is -2.75. The molecule has 1 N–H and O–H groups in total. The molecule has 5 heteroatoms. The van der Waals surface area contributed by atoms with Crippen molar-refractivity contribution in [1.29, 1.82) is 0 Å². The number of unbranched alkanes of at least 4 members (excludes halogenated alkanes) is 1. The molecule has 0 radical (unpaired) electrons. The molecule has 0 unspecified atom stereocenters. The fourth-order valence-corrected chi connectivity index (χ4v) is 3.48. The molecule has 4 aromatic rings. The minimum atomic E-state index is 0.0402. The molecule has 160 valence electrons. The van der Waals surface area contributed by atoms with Crippen molar-refractivity contribution in [3.63, 3.8) is 0 Å². The molecule has 1 heterocycles. The fourth-order valence-electron chi connectivity index (χ4n) is 3.18. The number of benzene rings is 3. The van der Waals surface area contributed by atoms with Crippen LogP contribution in [0, 0.1) is 0 Å². The maximum atomic E-state index is 12.8. The summed E-state index contributed by atoms with van der Waals surface area (Å²) in [6, 6.07) is 21.6. The van der Waals surface area contributed by atoms with Crippen molar-refractivity contribution >= 4 is 34.2 Å². The van der Waals surface area contributed by atoms with E-state index in [1.165, 1.54) is 0 Å². The van der Waals surface area contributed by atoms with E-state index >= 15 is 0 Å². The van der Waals surface area contributed by atoms with E-state index in [2.05, 4.69) is 6.92 Å². The first-order valence-corrected chi connectivity index (χ1v) is 11.1. The standard InChI is InChI=1S/C19H18O3.C7H6Cl2/c1-2-3-6-16-18(21)15-7-4-5-8-17(15)22-19(16)13-9-11-14(20)12-10-13;8-5-6-1-3-7(9)4-2-6/h4-5,7-12,20H,2-3,6H2,1H3;1-4H,5H2. The topological polar surface area (TPSA) is 50.4 Å². The first-order chi connectivity index (χ1) is 15.0. The average molecular weight is 455 g/mol. The smallest absolute Gasteiger partial charge is 0.196 e. The molecule has 0 aliphatic carbocycles. The van der Waals surface area contributed by atoms with Crippen LogP contribution in [0.4, 0.5) is 0 Å². The second-order valence-corrected chi connectivity index (χ2v) is 7.85. The highest BCUT2D eigenvalue weighted by atomic mass is 35.5. The third-order valence-corrected chi connectivity index (χ3v) is 5.43. The van der Waals surface area contributed by atoms with E-state index in [0.29, 0.717) is 34.6 Å². The zero-order valence-electron chi connectivity index (χ0n) is 17.3. The molecule has 0 atom stereocenters. The zero-order chi connectivity index (χ0) is 22.2. The minimum Gasteiger partial charge on any atom is -0.508 e. The quantitative estimate of drug-likeness (QED) is 0.316. The van der Waals surface area contributed by atoms with Crippen LogP contribution in [0.25, 0.3) is 22.3 Å². The van der Waals surface area contributed by atoms with Gasteiger partial charge in [0.1, 0.15) is 17.1 Å². The Kier molecular flexibility index (Phi) is 8.16. The van der Waals surface area contributed by atoms with E-state index in [0.717, 1.165) is 29.0 Å². The molecule has 0 aliphatic heterocycles. The molecule has 0 aliphatic rings. The highest BCUT2D eigenvalue weighted by molar-refractivity contribution is 6.30. The second-order valence-electron chi connectivity index (χ2n) is 7.15. The number of para-hydroxylation sites is 1. The van der Waals surface area contributed by atoms with Gasteiger partial charge < -0.3 is 9.52 Å². The van der Waals surface area contributed by atoms with Crippen LogP contribution in [0.15, 0.2) is 82.0 Å². The number of phenolic OH excluding ortho intramolecular Hbond substituents is 1. The number of fused-ring (bicyclic) bond motifs is 1. The summed E-state index contributed by atoms with van der Waals surface area (Å²) < 4.78 is 6.02. The summed E-state index contributed by atoms with van der Waals surface area (Å²) in [5.41, 5.74) is 3.26. The molecule has 0 saturated heterocycles. The fraction of sp³-hybridized carbons (Fsp3) is 0.192. The van der Waals surface area contributed by atoms with Gasteiger partial charge in [0.25, 0.3) is 0 Å². The molecule has 0 amide bonds. The van der Waals surface area contributed by atoms with Crippen LogP contribution in [0.3, 0.4) is 0 Å². The number of hydrogen-bond acceptors (Lipinski definition) is 3. The predicted octanol–water partition coefficient (Wildman–Crippen LogP) is 7.59. The van der Waals surface area contributed by atoms with E-state index < -0.39 is 0 Å². The number of rotatable bonds is 5. The van der Waals surface area contributed by atoms with E-state index in [-0.39, 0.29) is 11.2 Å². The van der Waals surface area contributed by atoms with E-state index in [9.17, 15) is 9.90 Å². The first-order valence-electron chi connectivity index (χ1n) is 10.2. The van der Waals surface area contributed by atoms with Gasteiger partial charge >= 0.3 is 0 Å². The van der Waals surface area contributed by atoms with Crippen molar-refractivity contribution in [3.8, 4) is 17.1 Å². The molecule has 0 spiro atoms. The van der Waals surface area contributed by atoms with Gasteiger partial charge in [-0.25, -0.2) is 0 Å². The van der Waals surface area contributed by atoms with Crippen molar-refractivity contribution in [3.05, 3.63) is 99.2 Å². The number of halogens is 2. The van der Waals surface area contributed by atoms with Crippen molar-refractivity contribution in [2.75, 3.05) is 0 Å². The molecular formula is C26H24Cl2O3. The molecular weight excluding hydrogens is 431 g/mol. The van der Waals surface area contributed by atoms with Crippen LogP contribution in [-0.4, -0.2) is 5.11 Å². The van der Waals surface area contributed by atoms with Gasteiger partial charge in [0.2, 0.25) is 0 Å². The molecule has 31 heavy (non-hydrogen) atoms. The summed E-state index contributed by atoms with van der Waals surface area (Å²) in [6.07, 6.45) is 2.65. The Bertz CT molecular complexity index is 1180. The van der Waals surface area contributed by atoms with Crippen LogP contribution < -0.4 is 5.43 Å². The summed E-state index contributed by atoms with van der Waals surface area (Å²) in [5.74, 6) is 1.36. The average Bonchev–Trinajstić information content (AvgIpc) is 2.80. The Balaban J connectivity index is 0.000000254. The van der Waals surface area contributed by atoms with Crippen molar-refractivity contribution in [1.82, 2.24) is 0 Å². The van der Waals surface area contributed by atoms with Crippen LogP contribution in [0.5, 0.6) is 5.75 Å². The van der Waals surface area contributed by atoms with Crippen molar-refractivity contribution < 1.29 is 9.52 Å². The lowest BCUT2D eigenvalue weighted by molar-refractivity contribution is 0.475. The Morgan fingerprint density at radius 2 is 1.61 bits per heavy atom. The molecule has 0 bridgehead atoms. The van der Waals surface area contributed by atoms with Crippen LogP contribution in [-0.2, 0) is 12.3 Å². The van der Waals surface area contributed by atoms with Gasteiger partial charge in [-0.15, -0.1) is 11.6 Å². The van der Waals surface area contributed by atoms with Crippen LogP contribution in [0.2, 0.25) is 5.02 Å². The van der Waals surface area contributed by atoms with E-state index in [4.69, 9.17) is 27.6 Å². The second kappa shape index (κ2) is 11.0. The monoisotopic (exact) mass is 454 g/mol. The summed E-state index contributed by atoms with van der Waals surface area (Å²) in [6.45, 7) is 2.10. The largest absolute Gasteiger partial charge is 0.508 e. The highest BCUT2D eigenvalue weighted by Gasteiger charge is 2.15. The number of hydrogen-bond donors (Lipinski definition) is 1. The summed E-state index contributed by atoms with van der Waals surface area (Å²) in [4.78, 5) is 12.8. The zero-order valence-corrected chi connectivity index (χ0v) is 18.8. The molecule has 1 aromatic heterocycles. The van der Waals surface area contributed by atoms with Crippen molar-refractivity contribution in [2.24, 2.45) is 0 Å². The van der Waals surface area contributed by atoms with Crippen molar-refractivity contribution in [2.45, 2.75) is 32.1 Å².